The van der Waals surface area contributed by atoms with Gasteiger partial charge in [0.1, 0.15) is 0 Å². The minimum absolute atomic E-state index is 0.985. The van der Waals surface area contributed by atoms with Crippen LogP contribution >= 0.6 is 0 Å². The molecule has 1 heterocycles. The van der Waals surface area contributed by atoms with Crippen LogP contribution in [0.4, 0.5) is 0 Å². The fourth-order valence-corrected chi connectivity index (χ4v) is 1.43. The smallest absolute Gasteiger partial charge is 0.0629 e. The van der Waals surface area contributed by atoms with Crippen molar-refractivity contribution in [3.63, 3.8) is 0 Å². The summed E-state index contributed by atoms with van der Waals surface area (Å²) < 4.78 is 0. The number of rotatable bonds is 2. The summed E-state index contributed by atoms with van der Waals surface area (Å²) in [4.78, 5) is 4.23. The monoisotopic (exact) mass is 195 g/mol. The van der Waals surface area contributed by atoms with Crippen molar-refractivity contribution in [1.29, 1.82) is 0 Å². The second-order valence-electron chi connectivity index (χ2n) is 3.50. The van der Waals surface area contributed by atoms with Gasteiger partial charge in [0.05, 0.1) is 5.69 Å². The molecule has 0 bridgehead atoms. The predicted octanol–water partition coefficient (Wildman–Crippen LogP) is 3.56. The Balaban J connectivity index is 2.19. The molecule has 0 unspecified atom stereocenters. The summed E-state index contributed by atoms with van der Waals surface area (Å²) >= 11 is 0. The number of aryl methyl sites for hydroxylation is 1. The van der Waals surface area contributed by atoms with Crippen LogP contribution in [0.15, 0.2) is 48.7 Å². The van der Waals surface area contributed by atoms with E-state index < -0.39 is 0 Å². The first-order chi connectivity index (χ1) is 7.34. The van der Waals surface area contributed by atoms with Crippen molar-refractivity contribution in [2.45, 2.75) is 6.92 Å². The third-order valence-electron chi connectivity index (χ3n) is 2.18. The van der Waals surface area contributed by atoms with E-state index in [0.717, 1.165) is 5.69 Å². The topological polar surface area (TPSA) is 12.9 Å². The molecule has 15 heavy (non-hydrogen) atoms. The Labute approximate surface area is 90.1 Å². The van der Waals surface area contributed by atoms with Gasteiger partial charge >= 0.3 is 0 Å². The van der Waals surface area contributed by atoms with E-state index in [2.05, 4.69) is 42.2 Å². The van der Waals surface area contributed by atoms with E-state index in [4.69, 9.17) is 0 Å². The molecule has 74 valence electrons. The van der Waals surface area contributed by atoms with E-state index in [1.54, 1.807) is 6.20 Å². The predicted molar refractivity (Wildman–Crippen MR) is 64.3 cm³/mol. The van der Waals surface area contributed by atoms with Crippen LogP contribution in [0.3, 0.4) is 0 Å². The minimum Gasteiger partial charge on any atom is -0.257 e. The van der Waals surface area contributed by atoms with E-state index in [1.807, 2.05) is 24.3 Å². The zero-order valence-electron chi connectivity index (χ0n) is 8.72. The summed E-state index contributed by atoms with van der Waals surface area (Å²) in [6.45, 7) is 2.10. The number of pyridine rings is 1. The highest BCUT2D eigenvalue weighted by atomic mass is 14.6. The number of hydrogen-bond acceptors (Lipinski definition) is 1. The van der Waals surface area contributed by atoms with Crippen LogP contribution in [0.1, 0.15) is 16.8 Å². The van der Waals surface area contributed by atoms with Crippen LogP contribution in [0.2, 0.25) is 0 Å². The molecule has 0 aliphatic rings. The average Bonchev–Trinajstić information content (AvgIpc) is 2.28. The molecule has 1 aromatic heterocycles. The molecule has 1 nitrogen and oxygen atoms in total. The van der Waals surface area contributed by atoms with Gasteiger partial charge in [0.25, 0.3) is 0 Å². The highest BCUT2D eigenvalue weighted by Gasteiger charge is 1.88. The van der Waals surface area contributed by atoms with Gasteiger partial charge in [0.2, 0.25) is 0 Å². The molecule has 0 N–H and O–H groups in total. The average molecular weight is 195 g/mol. The Hall–Kier alpha value is -1.89. The molecule has 0 aliphatic heterocycles. The Morgan fingerprint density at radius 2 is 1.93 bits per heavy atom. The number of hydrogen-bond donors (Lipinski definition) is 0. The molecule has 0 aliphatic carbocycles. The normalized spacial score (nSPS) is 10.7. The highest BCUT2D eigenvalue weighted by molar-refractivity contribution is 5.68. The zero-order valence-corrected chi connectivity index (χ0v) is 8.72. The summed E-state index contributed by atoms with van der Waals surface area (Å²) in [5.41, 5.74) is 3.47. The Morgan fingerprint density at radius 3 is 2.67 bits per heavy atom. The fourth-order valence-electron chi connectivity index (χ4n) is 1.43. The van der Waals surface area contributed by atoms with Gasteiger partial charge in [-0.2, -0.15) is 0 Å². The van der Waals surface area contributed by atoms with Crippen LogP contribution in [-0.4, -0.2) is 4.98 Å². The van der Waals surface area contributed by atoms with Gasteiger partial charge < -0.3 is 0 Å². The largest absolute Gasteiger partial charge is 0.257 e. The fraction of sp³-hybridized carbons (Fsp3) is 0.0714. The number of nitrogens with zero attached hydrogens (tertiary/aromatic N) is 1. The van der Waals surface area contributed by atoms with Crippen molar-refractivity contribution >= 4 is 12.2 Å². The van der Waals surface area contributed by atoms with Gasteiger partial charge in [0.15, 0.2) is 0 Å². The molecule has 0 fully saturated rings. The van der Waals surface area contributed by atoms with Crippen LogP contribution in [-0.2, 0) is 0 Å². The van der Waals surface area contributed by atoms with Crippen LogP contribution in [0.25, 0.3) is 12.2 Å². The molecule has 0 radical (unpaired) electrons. The van der Waals surface area contributed by atoms with E-state index in [-0.39, 0.29) is 0 Å². The summed E-state index contributed by atoms with van der Waals surface area (Å²) in [6.07, 6.45) is 5.90. The molecule has 0 saturated heterocycles. The molecule has 0 atom stereocenters. The van der Waals surface area contributed by atoms with Gasteiger partial charge in [-0.3, -0.25) is 4.98 Å². The van der Waals surface area contributed by atoms with Crippen LogP contribution in [0.5, 0.6) is 0 Å². The van der Waals surface area contributed by atoms with Gasteiger partial charge in [-0.05, 0) is 30.7 Å². The second-order valence-corrected chi connectivity index (χ2v) is 3.50. The standard InChI is InChI=1S/C14H13N/c1-12-5-4-6-13(11-12)8-9-14-7-2-3-10-15-14/h2-11H,1H3/b9-8+. The molecule has 0 amide bonds. The molecule has 0 spiro atoms. The maximum atomic E-state index is 4.23. The van der Waals surface area contributed by atoms with Crippen molar-refractivity contribution in [3.05, 3.63) is 65.5 Å². The lowest BCUT2D eigenvalue weighted by molar-refractivity contribution is 1.30. The van der Waals surface area contributed by atoms with Crippen molar-refractivity contribution in [1.82, 2.24) is 4.98 Å². The quantitative estimate of drug-likeness (QED) is 0.714. The Bertz CT molecular complexity index is 458. The first-order valence-electron chi connectivity index (χ1n) is 5.00. The summed E-state index contributed by atoms with van der Waals surface area (Å²) in [5, 5.41) is 0. The van der Waals surface area contributed by atoms with E-state index in [0.29, 0.717) is 0 Å². The molecular formula is C14H13N. The zero-order chi connectivity index (χ0) is 10.5. The van der Waals surface area contributed by atoms with Gasteiger partial charge in [-0.25, -0.2) is 0 Å². The number of benzene rings is 1. The SMILES string of the molecule is Cc1cccc(/C=C/c2ccccn2)c1. The van der Waals surface area contributed by atoms with Crippen LogP contribution < -0.4 is 0 Å². The van der Waals surface area contributed by atoms with E-state index in [1.165, 1.54) is 11.1 Å². The molecule has 2 aromatic rings. The van der Waals surface area contributed by atoms with E-state index >= 15 is 0 Å². The molecule has 2 rings (SSSR count). The van der Waals surface area contributed by atoms with Gasteiger partial charge in [0, 0.05) is 6.20 Å². The molecule has 1 aromatic carbocycles. The first-order valence-corrected chi connectivity index (χ1v) is 5.00. The number of aromatic nitrogens is 1. The summed E-state index contributed by atoms with van der Waals surface area (Å²) in [7, 11) is 0. The third kappa shape index (κ3) is 2.78. The lowest BCUT2D eigenvalue weighted by Crippen LogP contribution is -1.77. The van der Waals surface area contributed by atoms with Crippen molar-refractivity contribution < 1.29 is 0 Å². The van der Waals surface area contributed by atoms with Crippen LogP contribution in [0, 0.1) is 6.92 Å². The lowest BCUT2D eigenvalue weighted by atomic mass is 10.1. The highest BCUT2D eigenvalue weighted by Crippen LogP contribution is 2.08. The summed E-state index contributed by atoms with van der Waals surface area (Å²) in [6, 6.07) is 14.3. The molecule has 1 heteroatoms. The van der Waals surface area contributed by atoms with Gasteiger partial charge in [-0.15, -0.1) is 0 Å². The second kappa shape index (κ2) is 4.56. The lowest BCUT2D eigenvalue weighted by Gasteiger charge is -1.95. The molecular weight excluding hydrogens is 182 g/mol. The van der Waals surface area contributed by atoms with Crippen molar-refractivity contribution in [2.24, 2.45) is 0 Å². The maximum Gasteiger partial charge on any atom is 0.0629 e. The molecule has 0 saturated carbocycles. The minimum atomic E-state index is 0.985. The Kier molecular flexibility index (Phi) is 2.93. The maximum absolute atomic E-state index is 4.23. The summed E-state index contributed by atoms with van der Waals surface area (Å²) in [5.74, 6) is 0. The van der Waals surface area contributed by atoms with Gasteiger partial charge in [-0.1, -0.05) is 42.0 Å². The third-order valence-corrected chi connectivity index (χ3v) is 2.18. The van der Waals surface area contributed by atoms with Crippen molar-refractivity contribution in [2.75, 3.05) is 0 Å². The van der Waals surface area contributed by atoms with E-state index in [9.17, 15) is 0 Å². The Morgan fingerprint density at radius 1 is 1.00 bits per heavy atom. The van der Waals surface area contributed by atoms with Crippen molar-refractivity contribution in [3.8, 4) is 0 Å². The first kappa shape index (κ1) is 9.66.